The highest BCUT2D eigenvalue weighted by atomic mass is 16.3. The zero-order valence-electron chi connectivity index (χ0n) is 14.0. The van der Waals surface area contributed by atoms with Gasteiger partial charge < -0.3 is 19.3 Å². The summed E-state index contributed by atoms with van der Waals surface area (Å²) in [5.74, 6) is 0.908. The minimum Gasteiger partial charge on any atom is -0.508 e. The number of carbonyl (C=O) groups excluding carboxylic acids is 1. The average molecular weight is 328 g/mol. The summed E-state index contributed by atoms with van der Waals surface area (Å²) in [4.78, 5) is 16.8. The first kappa shape index (κ1) is 16.6. The third-order valence-corrected chi connectivity index (χ3v) is 4.65. The second kappa shape index (κ2) is 7.53. The Hall–Kier alpha value is -2.27. The van der Waals surface area contributed by atoms with E-state index in [2.05, 4.69) is 4.90 Å². The number of hydrogen-bond donors (Lipinski definition) is 1. The number of furan rings is 1. The Kier molecular flexibility index (Phi) is 5.20. The van der Waals surface area contributed by atoms with Crippen molar-refractivity contribution in [1.82, 2.24) is 9.80 Å². The van der Waals surface area contributed by atoms with Crippen LogP contribution < -0.4 is 0 Å². The Morgan fingerprint density at radius 3 is 2.75 bits per heavy atom. The van der Waals surface area contributed by atoms with Crippen molar-refractivity contribution >= 4 is 5.91 Å². The molecule has 1 N–H and O–H groups in total. The predicted molar refractivity (Wildman–Crippen MR) is 91.7 cm³/mol. The highest BCUT2D eigenvalue weighted by Crippen LogP contribution is 2.26. The van der Waals surface area contributed by atoms with E-state index in [1.165, 1.54) is 12.8 Å². The summed E-state index contributed by atoms with van der Waals surface area (Å²) in [6, 6.07) is 10.7. The van der Waals surface area contributed by atoms with E-state index in [1.54, 1.807) is 29.4 Å². The molecule has 0 saturated carbocycles. The van der Waals surface area contributed by atoms with Gasteiger partial charge in [-0.3, -0.25) is 4.79 Å². The molecule has 0 spiro atoms. The van der Waals surface area contributed by atoms with E-state index in [0.717, 1.165) is 25.2 Å². The number of amides is 1. The first-order valence-electron chi connectivity index (χ1n) is 8.43. The molecule has 1 aromatic heterocycles. The van der Waals surface area contributed by atoms with Gasteiger partial charge in [-0.05, 0) is 55.8 Å². The molecular weight excluding hydrogens is 304 g/mol. The van der Waals surface area contributed by atoms with Crippen LogP contribution in [0, 0.1) is 0 Å². The van der Waals surface area contributed by atoms with Crippen LogP contribution in [0.2, 0.25) is 0 Å². The number of benzene rings is 1. The molecule has 0 radical (unpaired) electrons. The van der Waals surface area contributed by atoms with E-state index in [1.807, 2.05) is 25.2 Å². The van der Waals surface area contributed by atoms with Crippen LogP contribution in [0.1, 0.15) is 30.2 Å². The molecule has 2 heterocycles. The monoisotopic (exact) mass is 328 g/mol. The minimum atomic E-state index is -0.0855. The van der Waals surface area contributed by atoms with Gasteiger partial charge in [-0.15, -0.1) is 0 Å². The summed E-state index contributed by atoms with van der Waals surface area (Å²) < 4.78 is 5.29. The Labute approximate surface area is 142 Å². The van der Waals surface area contributed by atoms with Gasteiger partial charge in [0.2, 0.25) is 5.91 Å². The van der Waals surface area contributed by atoms with E-state index in [-0.39, 0.29) is 24.1 Å². The third kappa shape index (κ3) is 3.97. The molecule has 5 nitrogen and oxygen atoms in total. The number of hydrogen-bond acceptors (Lipinski definition) is 4. The van der Waals surface area contributed by atoms with Crippen molar-refractivity contribution in [3.8, 4) is 5.75 Å². The lowest BCUT2D eigenvalue weighted by molar-refractivity contribution is -0.132. The van der Waals surface area contributed by atoms with Crippen LogP contribution in [0.3, 0.4) is 0 Å². The normalized spacial score (nSPS) is 16.2. The summed E-state index contributed by atoms with van der Waals surface area (Å²) in [7, 11) is 1.83. The summed E-state index contributed by atoms with van der Waals surface area (Å²) >= 11 is 0. The van der Waals surface area contributed by atoms with Crippen molar-refractivity contribution in [2.45, 2.75) is 25.3 Å². The molecule has 3 rings (SSSR count). The highest BCUT2D eigenvalue weighted by Gasteiger charge is 2.26. The summed E-state index contributed by atoms with van der Waals surface area (Å²) in [6.45, 7) is 2.91. The number of nitrogens with zero attached hydrogens (tertiary/aromatic N) is 2. The van der Waals surface area contributed by atoms with Gasteiger partial charge in [0.1, 0.15) is 11.5 Å². The Morgan fingerprint density at radius 1 is 1.29 bits per heavy atom. The van der Waals surface area contributed by atoms with Crippen molar-refractivity contribution in [2.24, 2.45) is 0 Å². The van der Waals surface area contributed by atoms with Crippen LogP contribution >= 0.6 is 0 Å². The number of rotatable bonds is 6. The molecule has 1 unspecified atom stereocenters. The molecule has 1 aromatic carbocycles. The first-order chi connectivity index (χ1) is 11.6. The number of phenols is 1. The maximum absolute atomic E-state index is 12.7. The number of carbonyl (C=O) groups is 1. The molecule has 1 aliphatic rings. The fourth-order valence-corrected chi connectivity index (χ4v) is 3.25. The molecule has 1 atom stereocenters. The van der Waals surface area contributed by atoms with Gasteiger partial charge in [-0.25, -0.2) is 0 Å². The summed E-state index contributed by atoms with van der Waals surface area (Å²) in [5.41, 5.74) is 0.956. The van der Waals surface area contributed by atoms with Crippen LogP contribution in [0.4, 0.5) is 0 Å². The largest absolute Gasteiger partial charge is 0.508 e. The molecule has 1 fully saturated rings. The first-order valence-corrected chi connectivity index (χ1v) is 8.43. The topological polar surface area (TPSA) is 56.9 Å². The Balaban J connectivity index is 1.78. The van der Waals surface area contributed by atoms with Gasteiger partial charge in [-0.1, -0.05) is 12.1 Å². The molecule has 128 valence electrons. The lowest BCUT2D eigenvalue weighted by Crippen LogP contribution is -2.39. The zero-order valence-corrected chi connectivity index (χ0v) is 14.0. The maximum atomic E-state index is 12.7. The molecule has 0 aliphatic carbocycles. The predicted octanol–water partition coefficient (Wildman–Crippen LogP) is 2.82. The van der Waals surface area contributed by atoms with Crippen molar-refractivity contribution < 1.29 is 14.3 Å². The second-order valence-corrected chi connectivity index (χ2v) is 6.38. The molecule has 1 saturated heterocycles. The van der Waals surface area contributed by atoms with Gasteiger partial charge in [0.25, 0.3) is 0 Å². The second-order valence-electron chi connectivity index (χ2n) is 6.38. The lowest BCUT2D eigenvalue weighted by atomic mass is 10.0. The van der Waals surface area contributed by atoms with E-state index in [4.69, 9.17) is 4.42 Å². The van der Waals surface area contributed by atoms with Gasteiger partial charge in [-0.2, -0.15) is 0 Å². The number of likely N-dealkylation sites (tertiary alicyclic amines) is 1. The van der Waals surface area contributed by atoms with E-state index in [9.17, 15) is 9.90 Å². The molecule has 24 heavy (non-hydrogen) atoms. The molecule has 1 aliphatic heterocycles. The minimum absolute atomic E-state index is 0.0116. The van der Waals surface area contributed by atoms with Gasteiger partial charge in [0, 0.05) is 13.6 Å². The SMILES string of the molecule is CN(C(=O)Cc1ccco1)C(CN1CCCC1)c1cccc(O)c1. The van der Waals surface area contributed by atoms with Gasteiger partial charge in [0.15, 0.2) is 0 Å². The third-order valence-electron chi connectivity index (χ3n) is 4.65. The molecular formula is C19H24N2O3. The molecule has 5 heteroatoms. The Morgan fingerprint density at radius 2 is 2.08 bits per heavy atom. The lowest BCUT2D eigenvalue weighted by Gasteiger charge is -2.32. The van der Waals surface area contributed by atoms with Crippen LogP contribution in [0.25, 0.3) is 0 Å². The van der Waals surface area contributed by atoms with Gasteiger partial charge >= 0.3 is 0 Å². The van der Waals surface area contributed by atoms with Gasteiger partial charge in [0.05, 0.1) is 18.7 Å². The molecule has 1 amide bonds. The molecule has 2 aromatic rings. The molecule has 0 bridgehead atoms. The van der Waals surface area contributed by atoms with Crippen LogP contribution in [-0.4, -0.2) is 47.5 Å². The van der Waals surface area contributed by atoms with Crippen molar-refractivity contribution in [2.75, 3.05) is 26.7 Å². The smallest absolute Gasteiger partial charge is 0.230 e. The standard InChI is InChI=1S/C19H24N2O3/c1-20(19(23)13-17-8-5-11-24-17)18(14-21-9-2-3-10-21)15-6-4-7-16(22)12-15/h4-8,11-12,18,22H,2-3,9-10,13-14H2,1H3. The van der Waals surface area contributed by atoms with E-state index in [0.29, 0.717) is 5.76 Å². The summed E-state index contributed by atoms with van der Waals surface area (Å²) in [5, 5.41) is 9.82. The maximum Gasteiger partial charge on any atom is 0.230 e. The van der Waals surface area contributed by atoms with E-state index < -0.39 is 0 Å². The van der Waals surface area contributed by atoms with Crippen molar-refractivity contribution in [3.05, 3.63) is 54.0 Å². The van der Waals surface area contributed by atoms with Crippen LogP contribution in [-0.2, 0) is 11.2 Å². The number of aromatic hydroxyl groups is 1. The van der Waals surface area contributed by atoms with Crippen molar-refractivity contribution in [3.63, 3.8) is 0 Å². The number of phenolic OH excluding ortho intramolecular Hbond substituents is 1. The van der Waals surface area contributed by atoms with Crippen LogP contribution in [0.15, 0.2) is 47.1 Å². The fraction of sp³-hybridized carbons (Fsp3) is 0.421. The Bertz CT molecular complexity index is 663. The number of likely N-dealkylation sites (N-methyl/N-ethyl adjacent to an activating group) is 1. The fourth-order valence-electron chi connectivity index (χ4n) is 3.25. The zero-order chi connectivity index (χ0) is 16.9. The van der Waals surface area contributed by atoms with E-state index >= 15 is 0 Å². The average Bonchev–Trinajstić information content (AvgIpc) is 3.25. The van der Waals surface area contributed by atoms with Crippen LogP contribution in [0.5, 0.6) is 5.75 Å². The highest BCUT2D eigenvalue weighted by molar-refractivity contribution is 5.78. The quantitative estimate of drug-likeness (QED) is 0.886. The summed E-state index contributed by atoms with van der Waals surface area (Å²) in [6.07, 6.45) is 4.24. The van der Waals surface area contributed by atoms with Crippen molar-refractivity contribution in [1.29, 1.82) is 0 Å².